The Kier molecular flexibility index (Phi) is 4.24. The molecule has 1 aromatic carbocycles. The fraction of sp³-hybridized carbons (Fsp3) is 0.429. The molecule has 3 nitrogen and oxygen atoms in total. The fourth-order valence-electron chi connectivity index (χ4n) is 5.12. The van der Waals surface area contributed by atoms with Crippen LogP contribution in [0.15, 0.2) is 24.3 Å². The van der Waals surface area contributed by atoms with Crippen molar-refractivity contribution >= 4 is 46.1 Å². The number of aryl methyl sites for hydroxylation is 1. The highest BCUT2D eigenvalue weighted by atomic mass is 35.5. The number of hydrogen-bond acceptors (Lipinski definition) is 4. The topological polar surface area (TPSA) is 43.4 Å². The number of rotatable bonds is 3. The van der Waals surface area contributed by atoms with Gasteiger partial charge in [-0.3, -0.25) is 9.59 Å². The van der Waals surface area contributed by atoms with Crippen molar-refractivity contribution in [3.05, 3.63) is 44.1 Å². The molecule has 1 saturated carbocycles. The molecule has 1 unspecified atom stereocenters. The molecular weight excluding hydrogens is 403 g/mol. The van der Waals surface area contributed by atoms with Crippen LogP contribution in [-0.4, -0.2) is 23.8 Å². The van der Waals surface area contributed by atoms with Gasteiger partial charge in [0.2, 0.25) is 0 Å². The Hall–Kier alpha value is -1.20. The minimum Gasteiger partial charge on any atom is -0.373 e. The van der Waals surface area contributed by atoms with Gasteiger partial charge in [0.1, 0.15) is 10.3 Å². The Bertz CT molecular complexity index is 938. The van der Waals surface area contributed by atoms with Crippen LogP contribution in [0.3, 0.4) is 0 Å². The van der Waals surface area contributed by atoms with Crippen molar-refractivity contribution in [2.24, 2.45) is 11.8 Å². The highest BCUT2D eigenvalue weighted by molar-refractivity contribution is 7.20. The van der Waals surface area contributed by atoms with E-state index in [0.717, 1.165) is 41.5 Å². The molecule has 3 heterocycles. The van der Waals surface area contributed by atoms with E-state index in [0.29, 0.717) is 8.67 Å². The van der Waals surface area contributed by atoms with Crippen molar-refractivity contribution in [2.75, 3.05) is 0 Å². The van der Waals surface area contributed by atoms with E-state index in [2.05, 4.69) is 0 Å². The van der Waals surface area contributed by atoms with E-state index in [1.54, 1.807) is 0 Å². The van der Waals surface area contributed by atoms with E-state index in [4.69, 9.17) is 27.9 Å². The summed E-state index contributed by atoms with van der Waals surface area (Å²) in [4.78, 5) is 26.5. The van der Waals surface area contributed by atoms with Gasteiger partial charge in [0.05, 0.1) is 28.4 Å². The Morgan fingerprint density at radius 1 is 1.07 bits per heavy atom. The molecule has 2 bridgehead atoms. The SMILES string of the molecule is CCc1ccc(-c2cc(Cl)sc2Cl)cc1C1C(=O)[C@@H]2[C@H](C1=O)[C@H]1CC[C@H]2O1. The number of Topliss-reactive ketones (excluding diaryl/α,β-unsaturated/α-hetero) is 2. The fourth-order valence-corrected chi connectivity index (χ4v) is 6.63. The normalized spacial score (nSPS) is 31.7. The van der Waals surface area contributed by atoms with Crippen LogP contribution in [0, 0.1) is 11.8 Å². The number of thiophene rings is 1. The van der Waals surface area contributed by atoms with Crippen LogP contribution in [0.25, 0.3) is 11.1 Å². The zero-order valence-corrected chi connectivity index (χ0v) is 17.0. The van der Waals surface area contributed by atoms with Crippen LogP contribution >= 0.6 is 34.5 Å². The van der Waals surface area contributed by atoms with Gasteiger partial charge in [-0.1, -0.05) is 42.3 Å². The molecular formula is C21H18Cl2O3S. The van der Waals surface area contributed by atoms with Gasteiger partial charge < -0.3 is 4.74 Å². The summed E-state index contributed by atoms with van der Waals surface area (Å²) >= 11 is 13.7. The molecule has 1 aliphatic carbocycles. The molecule has 1 aromatic heterocycles. The number of carbonyl (C=O) groups excluding carboxylic acids is 2. The van der Waals surface area contributed by atoms with Crippen LogP contribution < -0.4 is 0 Å². The number of benzene rings is 1. The lowest BCUT2D eigenvalue weighted by Gasteiger charge is -2.17. The molecule has 2 aliphatic heterocycles. The third kappa shape index (κ3) is 2.57. The lowest BCUT2D eigenvalue weighted by molar-refractivity contribution is -0.127. The molecule has 0 N–H and O–H groups in total. The van der Waals surface area contributed by atoms with E-state index in [9.17, 15) is 9.59 Å². The first-order valence-corrected chi connectivity index (χ1v) is 10.9. The zero-order valence-electron chi connectivity index (χ0n) is 14.7. The van der Waals surface area contributed by atoms with E-state index in [-0.39, 0.29) is 35.6 Å². The second kappa shape index (κ2) is 6.41. The molecule has 2 aromatic rings. The summed E-state index contributed by atoms with van der Waals surface area (Å²) in [5, 5.41) is 0. The molecule has 3 fully saturated rings. The first-order chi connectivity index (χ1) is 13.0. The monoisotopic (exact) mass is 420 g/mol. The van der Waals surface area contributed by atoms with Crippen molar-refractivity contribution in [3.8, 4) is 11.1 Å². The number of ether oxygens (including phenoxy) is 1. The van der Waals surface area contributed by atoms with E-state index in [1.165, 1.54) is 11.3 Å². The van der Waals surface area contributed by atoms with Crippen molar-refractivity contribution < 1.29 is 14.3 Å². The zero-order chi connectivity index (χ0) is 18.9. The van der Waals surface area contributed by atoms with E-state index >= 15 is 0 Å². The van der Waals surface area contributed by atoms with Crippen LogP contribution in [0.4, 0.5) is 0 Å². The number of ketones is 2. The van der Waals surface area contributed by atoms with Gasteiger partial charge in [0.15, 0.2) is 11.6 Å². The highest BCUT2D eigenvalue weighted by Gasteiger charge is 2.63. The molecule has 140 valence electrons. The van der Waals surface area contributed by atoms with Gasteiger partial charge in [0, 0.05) is 5.56 Å². The Balaban J connectivity index is 1.60. The van der Waals surface area contributed by atoms with Crippen LogP contribution in [0.5, 0.6) is 0 Å². The molecule has 6 heteroatoms. The highest BCUT2D eigenvalue weighted by Crippen LogP contribution is 2.53. The summed E-state index contributed by atoms with van der Waals surface area (Å²) in [5.41, 5.74) is 3.61. The van der Waals surface area contributed by atoms with Gasteiger partial charge in [-0.05, 0) is 48.1 Å². The van der Waals surface area contributed by atoms with Gasteiger partial charge in [-0.15, -0.1) is 11.3 Å². The van der Waals surface area contributed by atoms with Gasteiger partial charge in [-0.2, -0.15) is 0 Å². The standard InChI is InChI=1S/C21H18Cl2O3S/c1-2-9-3-4-10(12-8-15(22)27-21(12)23)7-11(9)16-19(24)17-13-5-6-14(26-13)18(17)20(16)25/h3-4,7-8,13-14,16-18H,2,5-6H2,1H3/t13-,14-,16?,17-,18+/m1/s1. The second-order valence-corrected chi connectivity index (χ2v) is 9.87. The third-order valence-electron chi connectivity index (χ3n) is 6.30. The summed E-state index contributed by atoms with van der Waals surface area (Å²) in [6.07, 6.45) is 2.41. The van der Waals surface area contributed by atoms with Crippen LogP contribution in [0.1, 0.15) is 36.8 Å². The van der Waals surface area contributed by atoms with Gasteiger partial charge >= 0.3 is 0 Å². The van der Waals surface area contributed by atoms with Crippen molar-refractivity contribution in [3.63, 3.8) is 0 Å². The molecule has 5 rings (SSSR count). The quantitative estimate of drug-likeness (QED) is 0.631. The van der Waals surface area contributed by atoms with E-state index in [1.807, 2.05) is 31.2 Å². The number of fused-ring (bicyclic) bond motifs is 5. The summed E-state index contributed by atoms with van der Waals surface area (Å²) in [7, 11) is 0. The Morgan fingerprint density at radius 2 is 1.74 bits per heavy atom. The Morgan fingerprint density at radius 3 is 2.30 bits per heavy atom. The third-order valence-corrected chi connectivity index (χ3v) is 7.79. The molecule has 27 heavy (non-hydrogen) atoms. The number of hydrogen-bond donors (Lipinski definition) is 0. The largest absolute Gasteiger partial charge is 0.373 e. The molecule has 0 amide bonds. The smallest absolute Gasteiger partial charge is 0.154 e. The lowest BCUT2D eigenvalue weighted by atomic mass is 9.81. The average Bonchev–Trinajstić information content (AvgIpc) is 3.39. The predicted octanol–water partition coefficient (Wildman–Crippen LogP) is 5.31. The van der Waals surface area contributed by atoms with Crippen LogP contribution in [0.2, 0.25) is 8.67 Å². The van der Waals surface area contributed by atoms with Crippen LogP contribution in [-0.2, 0) is 20.7 Å². The number of carbonyl (C=O) groups is 2. The molecule has 5 atom stereocenters. The summed E-state index contributed by atoms with van der Waals surface area (Å²) in [6, 6.07) is 7.80. The minimum absolute atomic E-state index is 0.0403. The second-order valence-electron chi connectivity index (χ2n) is 7.58. The maximum Gasteiger partial charge on any atom is 0.154 e. The summed E-state index contributed by atoms with van der Waals surface area (Å²) in [5.74, 6) is -1.10. The summed E-state index contributed by atoms with van der Waals surface area (Å²) in [6.45, 7) is 2.05. The van der Waals surface area contributed by atoms with Crippen molar-refractivity contribution in [1.29, 1.82) is 0 Å². The number of halogens is 2. The Labute approximate surface area is 171 Å². The lowest BCUT2D eigenvalue weighted by Crippen LogP contribution is -2.29. The first-order valence-electron chi connectivity index (χ1n) is 9.30. The van der Waals surface area contributed by atoms with Gasteiger partial charge in [0.25, 0.3) is 0 Å². The summed E-state index contributed by atoms with van der Waals surface area (Å²) < 4.78 is 7.09. The average molecular weight is 421 g/mol. The van der Waals surface area contributed by atoms with E-state index < -0.39 is 5.92 Å². The maximum atomic E-state index is 13.2. The predicted molar refractivity (Wildman–Crippen MR) is 107 cm³/mol. The molecule has 3 aliphatic rings. The van der Waals surface area contributed by atoms with Crippen molar-refractivity contribution in [1.82, 2.24) is 0 Å². The molecule has 0 radical (unpaired) electrons. The first kappa shape index (κ1) is 17.9. The van der Waals surface area contributed by atoms with Gasteiger partial charge in [-0.25, -0.2) is 0 Å². The molecule has 0 spiro atoms. The molecule has 2 saturated heterocycles. The maximum absolute atomic E-state index is 13.2. The van der Waals surface area contributed by atoms with Crippen molar-refractivity contribution in [2.45, 2.75) is 44.3 Å². The minimum atomic E-state index is -0.671.